The topological polar surface area (TPSA) is 8.29 Å². The molecule has 2 heterocycles. The fraction of sp³-hybridized carbons (Fsp3) is 0.0714. The zero-order chi connectivity index (χ0) is 14.3. The molecule has 0 radical (unpaired) electrons. The highest BCUT2D eigenvalue weighted by Gasteiger charge is 2.16. The Morgan fingerprint density at radius 1 is 0.950 bits per heavy atom. The largest absolute Gasteiger partial charge is 0.305 e. The molecule has 0 unspecified atom stereocenters. The lowest BCUT2D eigenvalue weighted by Gasteiger charge is -2.03. The summed E-state index contributed by atoms with van der Waals surface area (Å²) >= 11 is 24.4. The van der Waals surface area contributed by atoms with Gasteiger partial charge in [-0.15, -0.1) is 0 Å². The van der Waals surface area contributed by atoms with E-state index < -0.39 is 0 Å². The van der Waals surface area contributed by atoms with Crippen LogP contribution >= 0.6 is 46.4 Å². The van der Waals surface area contributed by atoms with Crippen LogP contribution in [0.25, 0.3) is 5.65 Å². The van der Waals surface area contributed by atoms with E-state index >= 15 is 0 Å². The fourth-order valence-electron chi connectivity index (χ4n) is 2.12. The number of rotatable bonds is 2. The Labute approximate surface area is 136 Å². The van der Waals surface area contributed by atoms with Gasteiger partial charge in [-0.1, -0.05) is 52.5 Å². The number of hydrogen-bond donors (Lipinski definition) is 0. The second-order valence-corrected chi connectivity index (χ2v) is 6.09. The lowest BCUT2D eigenvalue weighted by atomic mass is 10.2. The summed E-state index contributed by atoms with van der Waals surface area (Å²) in [6.45, 7) is 0.605. The van der Waals surface area contributed by atoms with Crippen molar-refractivity contribution in [2.45, 2.75) is 6.54 Å². The molecule has 20 heavy (non-hydrogen) atoms. The molecule has 2 nitrogen and oxygen atoms in total. The van der Waals surface area contributed by atoms with Gasteiger partial charge in [-0.3, -0.25) is 0 Å². The Bertz CT molecular complexity index is 795. The summed E-state index contributed by atoms with van der Waals surface area (Å²) in [4.78, 5) is 0. The zero-order valence-electron chi connectivity index (χ0n) is 10.2. The van der Waals surface area contributed by atoms with Crippen LogP contribution in [0.15, 0.2) is 42.9 Å². The molecule has 0 saturated heterocycles. The molecule has 0 atom stereocenters. The van der Waals surface area contributed by atoms with Gasteiger partial charge in [0.1, 0.15) is 30.2 Å². The highest BCUT2D eigenvalue weighted by molar-refractivity contribution is 6.36. The van der Waals surface area contributed by atoms with Gasteiger partial charge in [-0.25, -0.2) is 8.97 Å². The second-order valence-electron chi connectivity index (χ2n) is 4.40. The summed E-state index contributed by atoms with van der Waals surface area (Å²) < 4.78 is 3.89. The van der Waals surface area contributed by atoms with E-state index in [0.29, 0.717) is 26.6 Å². The van der Waals surface area contributed by atoms with E-state index in [1.165, 1.54) is 0 Å². The summed E-state index contributed by atoms with van der Waals surface area (Å²) in [7, 11) is 0. The van der Waals surface area contributed by atoms with Crippen molar-refractivity contribution in [1.82, 2.24) is 4.40 Å². The van der Waals surface area contributed by atoms with Gasteiger partial charge in [0.05, 0.1) is 5.02 Å². The molecule has 0 fully saturated rings. The van der Waals surface area contributed by atoms with Crippen molar-refractivity contribution in [3.05, 3.63) is 68.5 Å². The minimum Gasteiger partial charge on any atom is -0.225 e. The van der Waals surface area contributed by atoms with Gasteiger partial charge in [0, 0.05) is 15.6 Å². The summed E-state index contributed by atoms with van der Waals surface area (Å²) in [6, 6.07) is 7.18. The van der Waals surface area contributed by atoms with E-state index in [4.69, 9.17) is 46.4 Å². The molecule has 6 heteroatoms. The number of aromatic nitrogens is 2. The van der Waals surface area contributed by atoms with Crippen molar-refractivity contribution in [3.63, 3.8) is 0 Å². The van der Waals surface area contributed by atoms with Crippen LogP contribution < -0.4 is 4.57 Å². The summed E-state index contributed by atoms with van der Waals surface area (Å²) in [6.07, 6.45) is 5.64. The van der Waals surface area contributed by atoms with Crippen molar-refractivity contribution >= 4 is 52.1 Å². The predicted octanol–water partition coefficient (Wildman–Crippen LogP) is 4.89. The SMILES string of the molecule is Clc1ccc(C[n+]2ccn3cc(Cl)cc(Cl)c32)c(Cl)c1. The molecule has 3 rings (SSSR count). The van der Waals surface area contributed by atoms with E-state index in [-0.39, 0.29) is 0 Å². The zero-order valence-corrected chi connectivity index (χ0v) is 13.2. The number of nitrogens with zero attached hydrogens (tertiary/aromatic N) is 2. The van der Waals surface area contributed by atoms with Gasteiger partial charge >= 0.3 is 5.65 Å². The molecule has 2 aromatic heterocycles. The van der Waals surface area contributed by atoms with Gasteiger partial charge in [0.15, 0.2) is 0 Å². The summed E-state index contributed by atoms with van der Waals surface area (Å²) in [5, 5.41) is 2.44. The van der Waals surface area contributed by atoms with Gasteiger partial charge in [-0.05, 0) is 18.2 Å². The van der Waals surface area contributed by atoms with Crippen LogP contribution in [0.1, 0.15) is 5.56 Å². The van der Waals surface area contributed by atoms with E-state index in [0.717, 1.165) is 11.2 Å². The van der Waals surface area contributed by atoms with Gasteiger partial charge in [0.25, 0.3) is 0 Å². The van der Waals surface area contributed by atoms with Crippen LogP contribution in [-0.2, 0) is 6.54 Å². The number of pyridine rings is 1. The van der Waals surface area contributed by atoms with Crippen LogP contribution in [0, 0.1) is 0 Å². The molecule has 0 aliphatic carbocycles. The summed E-state index contributed by atoms with van der Waals surface area (Å²) in [5.74, 6) is 0. The molecule has 0 saturated carbocycles. The van der Waals surface area contributed by atoms with Crippen LogP contribution in [-0.4, -0.2) is 4.40 Å². The Morgan fingerprint density at radius 3 is 2.45 bits per heavy atom. The van der Waals surface area contributed by atoms with Crippen molar-refractivity contribution in [2.24, 2.45) is 0 Å². The molecule has 1 aromatic carbocycles. The first kappa shape index (κ1) is 14.0. The van der Waals surface area contributed by atoms with E-state index in [1.807, 2.05) is 39.7 Å². The molecule has 0 aliphatic heterocycles. The maximum absolute atomic E-state index is 6.26. The smallest absolute Gasteiger partial charge is 0.225 e. The molecule has 0 bridgehead atoms. The molecule has 0 amide bonds. The number of halogens is 4. The van der Waals surface area contributed by atoms with E-state index in [9.17, 15) is 0 Å². The summed E-state index contributed by atoms with van der Waals surface area (Å²) in [5.41, 5.74) is 1.84. The third-order valence-electron chi connectivity index (χ3n) is 3.02. The molecule has 0 spiro atoms. The third kappa shape index (κ3) is 2.61. The van der Waals surface area contributed by atoms with Crippen molar-refractivity contribution in [3.8, 4) is 0 Å². The first-order chi connectivity index (χ1) is 9.54. The highest BCUT2D eigenvalue weighted by atomic mass is 35.5. The quantitative estimate of drug-likeness (QED) is 0.584. The fourth-order valence-corrected chi connectivity index (χ4v) is 3.19. The molecule has 3 aromatic rings. The average molecular weight is 347 g/mol. The van der Waals surface area contributed by atoms with Gasteiger partial charge in [-0.2, -0.15) is 0 Å². The van der Waals surface area contributed by atoms with Crippen LogP contribution in [0.3, 0.4) is 0 Å². The Kier molecular flexibility index (Phi) is 3.83. The maximum atomic E-state index is 6.26. The Morgan fingerprint density at radius 2 is 1.70 bits per heavy atom. The Balaban J connectivity index is 2.07. The number of hydrogen-bond acceptors (Lipinski definition) is 0. The van der Waals surface area contributed by atoms with Crippen molar-refractivity contribution in [1.29, 1.82) is 0 Å². The first-order valence-corrected chi connectivity index (χ1v) is 7.35. The molecule has 102 valence electrons. The monoisotopic (exact) mass is 345 g/mol. The number of imidazole rings is 1. The van der Waals surface area contributed by atoms with Crippen molar-refractivity contribution in [2.75, 3.05) is 0 Å². The lowest BCUT2D eigenvalue weighted by Crippen LogP contribution is -2.33. The highest BCUT2D eigenvalue weighted by Crippen LogP contribution is 2.23. The van der Waals surface area contributed by atoms with Crippen LogP contribution in [0.4, 0.5) is 0 Å². The van der Waals surface area contributed by atoms with E-state index in [1.54, 1.807) is 12.1 Å². The van der Waals surface area contributed by atoms with Gasteiger partial charge < -0.3 is 0 Å². The molecule has 0 aliphatic rings. The molecule has 0 N–H and O–H groups in total. The lowest BCUT2D eigenvalue weighted by molar-refractivity contribution is -0.661. The maximum Gasteiger partial charge on any atom is 0.305 e. The minimum absolute atomic E-state index is 0.590. The first-order valence-electron chi connectivity index (χ1n) is 5.83. The number of benzene rings is 1. The molecular weight excluding hydrogens is 338 g/mol. The Hall–Kier alpha value is -0.930. The third-order valence-corrected chi connectivity index (χ3v) is 4.09. The minimum atomic E-state index is 0.590. The van der Waals surface area contributed by atoms with E-state index in [2.05, 4.69) is 0 Å². The second kappa shape index (κ2) is 5.45. The molecular formula is C14H9Cl4N2+. The van der Waals surface area contributed by atoms with Gasteiger partial charge in [0.2, 0.25) is 0 Å². The van der Waals surface area contributed by atoms with Crippen LogP contribution in [0.2, 0.25) is 20.1 Å². The average Bonchev–Trinajstić information content (AvgIpc) is 2.76. The number of fused-ring (bicyclic) bond motifs is 1. The van der Waals surface area contributed by atoms with Crippen LogP contribution in [0.5, 0.6) is 0 Å². The normalized spacial score (nSPS) is 11.2. The predicted molar refractivity (Wildman–Crippen MR) is 83.2 cm³/mol. The standard InChI is InChI=1S/C14H9Cl4N2/c15-10-2-1-9(12(17)5-10)7-19-3-4-20-8-11(16)6-13(18)14(19)20/h1-6,8H,7H2/q+1. The van der Waals surface area contributed by atoms with Crippen molar-refractivity contribution < 1.29 is 4.57 Å².